The predicted molar refractivity (Wildman–Crippen MR) is 73.2 cm³/mol. The van der Waals surface area contributed by atoms with E-state index >= 15 is 0 Å². The zero-order valence-corrected chi connectivity index (χ0v) is 12.6. The van der Waals surface area contributed by atoms with Crippen molar-refractivity contribution in [3.05, 3.63) is 11.8 Å². The number of hydrogen-bond acceptors (Lipinski definition) is 5. The molecule has 0 aromatic carbocycles. The molecule has 0 spiro atoms. The van der Waals surface area contributed by atoms with Crippen molar-refractivity contribution in [2.75, 3.05) is 6.54 Å². The van der Waals surface area contributed by atoms with Crippen LogP contribution in [-0.2, 0) is 16.8 Å². The molecule has 1 N–H and O–H groups in total. The number of carboxylic acids is 1. The molecule has 1 aromatic heterocycles. The molecule has 1 aliphatic rings. The van der Waals surface area contributed by atoms with E-state index in [9.17, 15) is 4.79 Å². The van der Waals surface area contributed by atoms with Gasteiger partial charge >= 0.3 is 5.97 Å². The largest absolute Gasteiger partial charge is 0.481 e. The summed E-state index contributed by atoms with van der Waals surface area (Å²) in [5.74, 6) is 0.328. The van der Waals surface area contributed by atoms with Gasteiger partial charge in [-0.3, -0.25) is 9.69 Å². The molecule has 1 fully saturated rings. The first-order valence-electron chi connectivity index (χ1n) is 7.07. The van der Waals surface area contributed by atoms with Crippen molar-refractivity contribution >= 4 is 5.97 Å². The van der Waals surface area contributed by atoms with Crippen LogP contribution in [0, 0.1) is 5.92 Å². The number of aliphatic carboxylic acids is 1. The lowest BCUT2D eigenvalue weighted by Gasteiger charge is -2.35. The first-order valence-corrected chi connectivity index (χ1v) is 7.07. The van der Waals surface area contributed by atoms with Gasteiger partial charge in [-0.05, 0) is 26.3 Å². The van der Waals surface area contributed by atoms with Crippen molar-refractivity contribution in [1.29, 1.82) is 0 Å². The minimum absolute atomic E-state index is 0.146. The maximum absolute atomic E-state index is 11.0. The van der Waals surface area contributed by atoms with Crippen molar-refractivity contribution in [2.45, 2.75) is 58.5 Å². The molecule has 20 heavy (non-hydrogen) atoms. The van der Waals surface area contributed by atoms with E-state index in [4.69, 9.17) is 9.52 Å². The van der Waals surface area contributed by atoms with E-state index in [-0.39, 0.29) is 17.4 Å². The first kappa shape index (κ1) is 15.0. The molecule has 0 aliphatic carbocycles. The first-order chi connectivity index (χ1) is 9.27. The second-order valence-electron chi connectivity index (χ2n) is 6.63. The van der Waals surface area contributed by atoms with Gasteiger partial charge in [-0.15, -0.1) is 10.2 Å². The molecular weight excluding hydrogens is 258 g/mol. The Bertz CT molecular complexity index is 478. The Kier molecular flexibility index (Phi) is 4.13. The number of hydrogen-bond donors (Lipinski definition) is 1. The van der Waals surface area contributed by atoms with Gasteiger partial charge in [0.25, 0.3) is 0 Å². The smallest absolute Gasteiger partial charge is 0.306 e. The van der Waals surface area contributed by atoms with Crippen LogP contribution in [-0.4, -0.2) is 38.8 Å². The third-order valence-corrected chi connectivity index (χ3v) is 3.81. The topological polar surface area (TPSA) is 79.5 Å². The van der Waals surface area contributed by atoms with Crippen LogP contribution in [0.1, 0.15) is 52.3 Å². The molecule has 0 bridgehead atoms. The molecule has 2 atom stereocenters. The van der Waals surface area contributed by atoms with Gasteiger partial charge in [0.05, 0.1) is 12.5 Å². The minimum atomic E-state index is -0.690. The van der Waals surface area contributed by atoms with Crippen LogP contribution in [0.15, 0.2) is 4.42 Å². The third kappa shape index (κ3) is 3.36. The zero-order valence-electron chi connectivity index (χ0n) is 12.6. The highest BCUT2D eigenvalue weighted by Crippen LogP contribution is 2.25. The maximum atomic E-state index is 11.0. The lowest BCUT2D eigenvalue weighted by molar-refractivity contribution is -0.144. The second-order valence-corrected chi connectivity index (χ2v) is 6.63. The summed E-state index contributed by atoms with van der Waals surface area (Å²) in [4.78, 5) is 13.2. The van der Waals surface area contributed by atoms with Crippen molar-refractivity contribution < 1.29 is 14.3 Å². The van der Waals surface area contributed by atoms with E-state index in [1.165, 1.54) is 0 Å². The zero-order chi connectivity index (χ0) is 14.9. The second kappa shape index (κ2) is 5.52. The highest BCUT2D eigenvalue weighted by molar-refractivity contribution is 5.70. The Morgan fingerprint density at radius 3 is 2.65 bits per heavy atom. The van der Waals surface area contributed by atoms with Crippen LogP contribution in [0.3, 0.4) is 0 Å². The summed E-state index contributed by atoms with van der Waals surface area (Å²) in [6.45, 7) is 9.50. The van der Waals surface area contributed by atoms with Crippen LogP contribution in [0.25, 0.3) is 0 Å². The highest BCUT2D eigenvalue weighted by atomic mass is 16.4. The van der Waals surface area contributed by atoms with Crippen molar-refractivity contribution in [3.8, 4) is 0 Å². The molecule has 1 aromatic rings. The van der Waals surface area contributed by atoms with E-state index in [0.29, 0.717) is 31.2 Å². The van der Waals surface area contributed by atoms with Gasteiger partial charge in [0.1, 0.15) is 0 Å². The standard InChI is InChI=1S/C14H23N3O3/c1-9-7-10(12(18)19)5-6-17(9)8-11-15-16-13(20-11)14(2,3)4/h9-10H,5-8H2,1-4H3,(H,18,19). The molecule has 2 rings (SSSR count). The molecule has 6 nitrogen and oxygen atoms in total. The fourth-order valence-corrected chi connectivity index (χ4v) is 2.47. The summed E-state index contributed by atoms with van der Waals surface area (Å²) in [6, 6.07) is 0.217. The van der Waals surface area contributed by atoms with Crippen LogP contribution in [0.4, 0.5) is 0 Å². The van der Waals surface area contributed by atoms with Gasteiger partial charge in [0.15, 0.2) is 0 Å². The van der Waals surface area contributed by atoms with Crippen molar-refractivity contribution in [1.82, 2.24) is 15.1 Å². The molecule has 1 aliphatic heterocycles. The number of aromatic nitrogens is 2. The van der Waals surface area contributed by atoms with E-state index in [0.717, 1.165) is 6.54 Å². The Morgan fingerprint density at radius 2 is 2.15 bits per heavy atom. The average Bonchev–Trinajstić information content (AvgIpc) is 2.80. The molecule has 112 valence electrons. The summed E-state index contributed by atoms with van der Waals surface area (Å²) in [5, 5.41) is 17.2. The van der Waals surface area contributed by atoms with Crippen LogP contribution >= 0.6 is 0 Å². The quantitative estimate of drug-likeness (QED) is 0.913. The van der Waals surface area contributed by atoms with Crippen LogP contribution < -0.4 is 0 Å². The Hall–Kier alpha value is -1.43. The van der Waals surface area contributed by atoms with Gasteiger partial charge in [0, 0.05) is 11.5 Å². The van der Waals surface area contributed by atoms with Crippen molar-refractivity contribution in [2.24, 2.45) is 5.92 Å². The Labute approximate surface area is 119 Å². The molecule has 2 heterocycles. The fraction of sp³-hybridized carbons (Fsp3) is 0.786. The molecule has 0 saturated carbocycles. The van der Waals surface area contributed by atoms with Gasteiger partial charge < -0.3 is 9.52 Å². The number of carbonyl (C=O) groups is 1. The van der Waals surface area contributed by atoms with Crippen LogP contribution in [0.2, 0.25) is 0 Å². The van der Waals surface area contributed by atoms with E-state index in [2.05, 4.69) is 22.0 Å². The molecule has 1 saturated heterocycles. The number of rotatable bonds is 3. The summed E-state index contributed by atoms with van der Waals surface area (Å²) in [6.07, 6.45) is 1.36. The summed E-state index contributed by atoms with van der Waals surface area (Å²) < 4.78 is 5.69. The summed E-state index contributed by atoms with van der Waals surface area (Å²) >= 11 is 0. The third-order valence-electron chi connectivity index (χ3n) is 3.81. The molecular formula is C14H23N3O3. The minimum Gasteiger partial charge on any atom is -0.481 e. The van der Waals surface area contributed by atoms with Gasteiger partial charge in [-0.1, -0.05) is 20.8 Å². The molecule has 0 radical (unpaired) electrons. The lowest BCUT2D eigenvalue weighted by Crippen LogP contribution is -2.42. The SMILES string of the molecule is CC1CC(C(=O)O)CCN1Cc1nnc(C(C)(C)C)o1. The number of likely N-dealkylation sites (tertiary alicyclic amines) is 1. The van der Waals surface area contributed by atoms with Crippen LogP contribution in [0.5, 0.6) is 0 Å². The Balaban J connectivity index is 1.97. The monoisotopic (exact) mass is 281 g/mol. The molecule has 6 heteroatoms. The predicted octanol–water partition coefficient (Wildman–Crippen LogP) is 2.05. The number of nitrogens with zero attached hydrogens (tertiary/aromatic N) is 3. The highest BCUT2D eigenvalue weighted by Gasteiger charge is 2.31. The molecule has 2 unspecified atom stereocenters. The number of carboxylic acid groups (broad SMARTS) is 1. The maximum Gasteiger partial charge on any atom is 0.306 e. The summed E-state index contributed by atoms with van der Waals surface area (Å²) in [5.41, 5.74) is -0.146. The Morgan fingerprint density at radius 1 is 1.45 bits per heavy atom. The van der Waals surface area contributed by atoms with Gasteiger partial charge in [0.2, 0.25) is 11.8 Å². The van der Waals surface area contributed by atoms with Gasteiger partial charge in [-0.25, -0.2) is 0 Å². The van der Waals surface area contributed by atoms with Gasteiger partial charge in [-0.2, -0.15) is 0 Å². The van der Waals surface area contributed by atoms with E-state index < -0.39 is 5.97 Å². The molecule has 0 amide bonds. The fourth-order valence-electron chi connectivity index (χ4n) is 2.47. The lowest BCUT2D eigenvalue weighted by atomic mass is 9.92. The average molecular weight is 281 g/mol. The van der Waals surface area contributed by atoms with E-state index in [1.807, 2.05) is 20.8 Å². The number of piperidine rings is 1. The normalized spacial score (nSPS) is 24.8. The summed E-state index contributed by atoms with van der Waals surface area (Å²) in [7, 11) is 0. The van der Waals surface area contributed by atoms with Crippen molar-refractivity contribution in [3.63, 3.8) is 0 Å². The van der Waals surface area contributed by atoms with E-state index in [1.54, 1.807) is 0 Å².